The molecule has 0 atom stereocenters. The third-order valence-electron chi connectivity index (χ3n) is 3.21. The summed E-state index contributed by atoms with van der Waals surface area (Å²) in [5, 5.41) is 7.05. The molecule has 0 aliphatic rings. The van der Waals surface area contributed by atoms with Crippen LogP contribution >= 0.6 is 11.6 Å². The predicted molar refractivity (Wildman–Crippen MR) is 93.0 cm³/mol. The minimum absolute atomic E-state index is 0.488. The second-order valence-electron chi connectivity index (χ2n) is 4.97. The highest BCUT2D eigenvalue weighted by Crippen LogP contribution is 2.32. The van der Waals surface area contributed by atoms with Crippen LogP contribution in [0.3, 0.4) is 0 Å². The second kappa shape index (κ2) is 8.55. The minimum Gasteiger partial charge on any atom is -0.495 e. The van der Waals surface area contributed by atoms with Crippen molar-refractivity contribution in [3.63, 3.8) is 0 Å². The van der Waals surface area contributed by atoms with E-state index in [0.29, 0.717) is 23.3 Å². The average molecular weight is 337 g/mol. The molecule has 1 aromatic carbocycles. The van der Waals surface area contributed by atoms with Gasteiger partial charge in [0.05, 0.1) is 12.8 Å². The summed E-state index contributed by atoms with van der Waals surface area (Å²) in [7, 11) is 3.29. The Morgan fingerprint density at radius 3 is 2.83 bits per heavy atom. The fourth-order valence-corrected chi connectivity index (χ4v) is 2.15. The SMILES string of the molecule is COCCCNc1ccnc(Nc2cc(C)c(Cl)cc2OC)n1. The number of ether oxygens (including phenoxy) is 2. The highest BCUT2D eigenvalue weighted by molar-refractivity contribution is 6.31. The smallest absolute Gasteiger partial charge is 0.229 e. The number of aryl methyl sites for hydroxylation is 1. The number of nitrogens with one attached hydrogen (secondary N) is 2. The van der Waals surface area contributed by atoms with E-state index in [0.717, 1.165) is 30.0 Å². The topological polar surface area (TPSA) is 68.3 Å². The molecule has 0 spiro atoms. The number of anilines is 3. The molecular weight excluding hydrogens is 316 g/mol. The predicted octanol–water partition coefficient (Wildman–Crippen LogP) is 3.64. The van der Waals surface area contributed by atoms with Crippen LogP contribution in [0.15, 0.2) is 24.4 Å². The molecule has 1 heterocycles. The molecule has 2 N–H and O–H groups in total. The van der Waals surface area contributed by atoms with Crippen LogP contribution in [0.1, 0.15) is 12.0 Å². The van der Waals surface area contributed by atoms with Gasteiger partial charge >= 0.3 is 0 Å². The normalized spacial score (nSPS) is 10.4. The summed E-state index contributed by atoms with van der Waals surface area (Å²) in [6, 6.07) is 5.50. The monoisotopic (exact) mass is 336 g/mol. The molecule has 0 aliphatic heterocycles. The number of aromatic nitrogens is 2. The Morgan fingerprint density at radius 1 is 1.26 bits per heavy atom. The zero-order chi connectivity index (χ0) is 16.7. The van der Waals surface area contributed by atoms with Gasteiger partial charge in [0.15, 0.2) is 0 Å². The Bertz CT molecular complexity index is 652. The molecule has 0 fully saturated rings. The number of methoxy groups -OCH3 is 2. The van der Waals surface area contributed by atoms with E-state index in [4.69, 9.17) is 21.1 Å². The van der Waals surface area contributed by atoms with Gasteiger partial charge in [0.2, 0.25) is 5.95 Å². The van der Waals surface area contributed by atoms with Crippen molar-refractivity contribution in [1.29, 1.82) is 0 Å². The Balaban J connectivity index is 2.10. The molecule has 1 aromatic heterocycles. The summed E-state index contributed by atoms with van der Waals surface area (Å²) in [6.45, 7) is 3.43. The van der Waals surface area contributed by atoms with Crippen molar-refractivity contribution in [1.82, 2.24) is 9.97 Å². The number of rotatable bonds is 8. The van der Waals surface area contributed by atoms with E-state index in [9.17, 15) is 0 Å². The van der Waals surface area contributed by atoms with Crippen molar-refractivity contribution in [3.8, 4) is 5.75 Å². The van der Waals surface area contributed by atoms with Crippen molar-refractivity contribution < 1.29 is 9.47 Å². The summed E-state index contributed by atoms with van der Waals surface area (Å²) in [4.78, 5) is 8.66. The third kappa shape index (κ3) is 4.97. The van der Waals surface area contributed by atoms with Crippen LogP contribution in [0.25, 0.3) is 0 Å². The molecule has 6 nitrogen and oxygen atoms in total. The first-order valence-electron chi connectivity index (χ1n) is 7.31. The Kier molecular flexibility index (Phi) is 6.43. The zero-order valence-corrected chi connectivity index (χ0v) is 14.3. The zero-order valence-electron chi connectivity index (χ0n) is 13.5. The summed E-state index contributed by atoms with van der Waals surface area (Å²) in [6.07, 6.45) is 2.61. The van der Waals surface area contributed by atoms with Crippen LogP contribution in [-0.4, -0.2) is 37.3 Å². The van der Waals surface area contributed by atoms with E-state index in [-0.39, 0.29) is 0 Å². The second-order valence-corrected chi connectivity index (χ2v) is 5.37. The number of benzene rings is 1. The average Bonchev–Trinajstić information content (AvgIpc) is 2.55. The van der Waals surface area contributed by atoms with Crippen LogP contribution in [0.2, 0.25) is 5.02 Å². The van der Waals surface area contributed by atoms with Crippen LogP contribution in [0.4, 0.5) is 17.5 Å². The van der Waals surface area contributed by atoms with E-state index in [1.807, 2.05) is 19.1 Å². The quantitative estimate of drug-likeness (QED) is 0.717. The number of halogens is 1. The van der Waals surface area contributed by atoms with Crippen LogP contribution < -0.4 is 15.4 Å². The molecule has 0 amide bonds. The van der Waals surface area contributed by atoms with Gasteiger partial charge in [-0.1, -0.05) is 11.6 Å². The van der Waals surface area contributed by atoms with Gasteiger partial charge in [0, 0.05) is 37.5 Å². The van der Waals surface area contributed by atoms with Crippen molar-refractivity contribution in [3.05, 3.63) is 35.0 Å². The van der Waals surface area contributed by atoms with E-state index in [1.54, 1.807) is 26.5 Å². The van der Waals surface area contributed by atoms with Gasteiger partial charge in [-0.25, -0.2) is 4.98 Å². The molecule has 0 aliphatic carbocycles. The lowest BCUT2D eigenvalue weighted by Gasteiger charge is -2.13. The standard InChI is InChI=1S/C16H21ClN4O2/c1-11-9-13(14(23-3)10-12(11)17)20-16-19-7-5-15(21-16)18-6-4-8-22-2/h5,7,9-10H,4,6,8H2,1-3H3,(H2,18,19,20,21). The Labute approximate surface area is 141 Å². The minimum atomic E-state index is 0.488. The summed E-state index contributed by atoms with van der Waals surface area (Å²) in [5.74, 6) is 1.88. The molecule has 0 unspecified atom stereocenters. The van der Waals surface area contributed by atoms with E-state index >= 15 is 0 Å². The molecule has 2 rings (SSSR count). The van der Waals surface area contributed by atoms with Gasteiger partial charge in [-0.2, -0.15) is 4.98 Å². The van der Waals surface area contributed by atoms with Crippen molar-refractivity contribution in [2.75, 3.05) is 38.0 Å². The Hall–Kier alpha value is -2.05. The van der Waals surface area contributed by atoms with Crippen LogP contribution in [0.5, 0.6) is 5.75 Å². The lowest BCUT2D eigenvalue weighted by atomic mass is 10.2. The van der Waals surface area contributed by atoms with Crippen LogP contribution in [0, 0.1) is 6.92 Å². The summed E-state index contributed by atoms with van der Waals surface area (Å²) < 4.78 is 10.4. The number of hydrogen-bond donors (Lipinski definition) is 2. The maximum absolute atomic E-state index is 6.12. The van der Waals surface area contributed by atoms with Gasteiger partial charge in [0.25, 0.3) is 0 Å². The van der Waals surface area contributed by atoms with E-state index < -0.39 is 0 Å². The molecule has 0 radical (unpaired) electrons. The van der Waals surface area contributed by atoms with Crippen molar-refractivity contribution >= 4 is 29.1 Å². The first-order chi connectivity index (χ1) is 11.1. The van der Waals surface area contributed by atoms with Gasteiger partial charge in [-0.05, 0) is 31.0 Å². The van der Waals surface area contributed by atoms with Gasteiger partial charge < -0.3 is 20.1 Å². The van der Waals surface area contributed by atoms with E-state index in [1.165, 1.54) is 0 Å². The lowest BCUT2D eigenvalue weighted by Crippen LogP contribution is -2.07. The molecule has 124 valence electrons. The fourth-order valence-electron chi connectivity index (χ4n) is 2.00. The lowest BCUT2D eigenvalue weighted by molar-refractivity contribution is 0.198. The molecule has 0 bridgehead atoms. The molecule has 7 heteroatoms. The van der Waals surface area contributed by atoms with Gasteiger partial charge in [-0.15, -0.1) is 0 Å². The maximum Gasteiger partial charge on any atom is 0.229 e. The largest absolute Gasteiger partial charge is 0.495 e. The molecule has 23 heavy (non-hydrogen) atoms. The van der Waals surface area contributed by atoms with Crippen molar-refractivity contribution in [2.24, 2.45) is 0 Å². The van der Waals surface area contributed by atoms with Crippen molar-refractivity contribution in [2.45, 2.75) is 13.3 Å². The first-order valence-corrected chi connectivity index (χ1v) is 7.69. The van der Waals surface area contributed by atoms with E-state index in [2.05, 4.69) is 20.6 Å². The first kappa shape index (κ1) is 17.3. The highest BCUT2D eigenvalue weighted by Gasteiger charge is 2.09. The Morgan fingerprint density at radius 2 is 2.09 bits per heavy atom. The summed E-state index contributed by atoms with van der Waals surface area (Å²) in [5.41, 5.74) is 1.72. The maximum atomic E-state index is 6.12. The number of hydrogen-bond acceptors (Lipinski definition) is 6. The highest BCUT2D eigenvalue weighted by atomic mass is 35.5. The summed E-state index contributed by atoms with van der Waals surface area (Å²) >= 11 is 6.12. The van der Waals surface area contributed by atoms with Gasteiger partial charge in [0.1, 0.15) is 11.6 Å². The van der Waals surface area contributed by atoms with Crippen LogP contribution in [-0.2, 0) is 4.74 Å². The fraction of sp³-hybridized carbons (Fsp3) is 0.375. The molecule has 0 saturated carbocycles. The third-order valence-corrected chi connectivity index (χ3v) is 3.62. The van der Waals surface area contributed by atoms with Gasteiger partial charge in [-0.3, -0.25) is 0 Å². The number of nitrogens with zero attached hydrogens (tertiary/aromatic N) is 2. The molecular formula is C16H21ClN4O2. The molecule has 0 saturated heterocycles. The molecule has 2 aromatic rings.